The van der Waals surface area contributed by atoms with Crippen LogP contribution < -0.4 is 0 Å². The number of hydrogen-bond acceptors (Lipinski definition) is 0. The van der Waals surface area contributed by atoms with Gasteiger partial charge in [-0.1, -0.05) is 11.6 Å². The molecular weight excluding hydrogens is 376 g/mol. The molecule has 0 aromatic carbocycles. The summed E-state index contributed by atoms with van der Waals surface area (Å²) in [7, 11) is 0. The van der Waals surface area contributed by atoms with Gasteiger partial charge in [-0.15, -0.1) is 0 Å². The van der Waals surface area contributed by atoms with E-state index in [0.717, 1.165) is 0 Å². The Bertz CT molecular complexity index is 193. The van der Waals surface area contributed by atoms with Crippen molar-refractivity contribution < 1.29 is 30.7 Å². The van der Waals surface area contributed by atoms with Crippen LogP contribution >= 0.6 is 43.5 Å². The third-order valence-electron chi connectivity index (χ3n) is 1.11. The van der Waals surface area contributed by atoms with Crippen LogP contribution in [-0.4, -0.2) is 20.7 Å². The number of alkyl halides is 10. The SMILES string of the molecule is FC(F)(F)C(F)(F)C(F)(F)C(Cl)(Br)Br. The van der Waals surface area contributed by atoms with E-state index >= 15 is 0 Å². The first-order valence-electron chi connectivity index (χ1n) is 2.64. The van der Waals surface area contributed by atoms with Gasteiger partial charge in [0.25, 0.3) is 0 Å². The van der Waals surface area contributed by atoms with Gasteiger partial charge in [-0.3, -0.25) is 0 Å². The molecule has 10 heteroatoms. The Balaban J connectivity index is 5.30. The van der Waals surface area contributed by atoms with Crippen LogP contribution in [0.15, 0.2) is 0 Å². The van der Waals surface area contributed by atoms with Crippen LogP contribution in [0.5, 0.6) is 0 Å². The molecule has 0 aromatic heterocycles. The summed E-state index contributed by atoms with van der Waals surface area (Å²) in [5, 5.41) is 0. The minimum absolute atomic E-state index is 1.78. The second-order valence-corrected chi connectivity index (χ2v) is 7.07. The Hall–Kier alpha value is 0.760. The first kappa shape index (κ1) is 14.8. The molecule has 0 radical (unpaired) electrons. The van der Waals surface area contributed by atoms with E-state index in [2.05, 4.69) is 11.6 Å². The molecule has 0 nitrogen and oxygen atoms in total. The van der Waals surface area contributed by atoms with E-state index in [1.165, 1.54) is 0 Å². The number of hydrogen-bond donors (Lipinski definition) is 0. The molecule has 0 spiro atoms. The molecule has 14 heavy (non-hydrogen) atoms. The van der Waals surface area contributed by atoms with Gasteiger partial charge < -0.3 is 0 Å². The van der Waals surface area contributed by atoms with Crippen molar-refractivity contribution in [3.8, 4) is 0 Å². The van der Waals surface area contributed by atoms with Gasteiger partial charge in [0, 0.05) is 0 Å². The fourth-order valence-corrected chi connectivity index (χ4v) is 0.973. The van der Waals surface area contributed by atoms with Crippen LogP contribution in [0.4, 0.5) is 30.7 Å². The smallest absolute Gasteiger partial charge is 0.195 e. The molecule has 0 saturated carbocycles. The average Bonchev–Trinajstić information content (AvgIpc) is 1.81. The van der Waals surface area contributed by atoms with E-state index < -0.39 is 20.7 Å². The summed E-state index contributed by atoms with van der Waals surface area (Å²) in [6.07, 6.45) is -6.39. The summed E-state index contributed by atoms with van der Waals surface area (Å²) in [5.74, 6) is -11.8. The van der Waals surface area contributed by atoms with E-state index in [4.69, 9.17) is 0 Å². The maximum Gasteiger partial charge on any atom is 0.460 e. The third-order valence-corrected chi connectivity index (χ3v) is 2.34. The molecule has 0 aromatic rings. The highest BCUT2D eigenvalue weighted by atomic mass is 79.9. The predicted molar refractivity (Wildman–Crippen MR) is 42.4 cm³/mol. The molecule has 0 bridgehead atoms. The van der Waals surface area contributed by atoms with Crippen LogP contribution in [0.25, 0.3) is 0 Å². The highest BCUT2D eigenvalue weighted by molar-refractivity contribution is 9.26. The third kappa shape index (κ3) is 2.29. The lowest BCUT2D eigenvalue weighted by Gasteiger charge is -2.32. The van der Waals surface area contributed by atoms with E-state index in [1.807, 2.05) is 0 Å². The molecule has 0 amide bonds. The molecule has 0 aliphatic rings. The van der Waals surface area contributed by atoms with Crippen molar-refractivity contribution in [1.29, 1.82) is 0 Å². The molecule has 0 heterocycles. The van der Waals surface area contributed by atoms with Crippen LogP contribution in [0, 0.1) is 0 Å². The zero-order chi connectivity index (χ0) is 12.0. The van der Waals surface area contributed by atoms with E-state index in [1.54, 1.807) is 31.9 Å². The van der Waals surface area contributed by atoms with Crippen molar-refractivity contribution >= 4 is 43.5 Å². The first-order valence-corrected chi connectivity index (χ1v) is 4.60. The molecule has 0 atom stereocenters. The zero-order valence-corrected chi connectivity index (χ0v) is 9.71. The molecule has 0 unspecified atom stereocenters. The molecule has 0 saturated heterocycles. The van der Waals surface area contributed by atoms with Gasteiger partial charge in [-0.2, -0.15) is 30.7 Å². The summed E-state index contributed by atoms with van der Waals surface area (Å²) < 4.78 is 80.6. The maximum atomic E-state index is 12.5. The predicted octanol–water partition coefficient (Wildman–Crippen LogP) is 4.50. The van der Waals surface area contributed by atoms with Crippen LogP contribution in [0.3, 0.4) is 0 Å². The molecule has 86 valence electrons. The minimum atomic E-state index is -6.39. The first-order chi connectivity index (χ1) is 5.75. The summed E-state index contributed by atoms with van der Waals surface area (Å²) in [5.41, 5.74) is 0. The van der Waals surface area contributed by atoms with Crippen LogP contribution in [-0.2, 0) is 0 Å². The quantitative estimate of drug-likeness (QED) is 0.492. The zero-order valence-electron chi connectivity index (χ0n) is 5.78. The lowest BCUT2D eigenvalue weighted by molar-refractivity contribution is -0.351. The van der Waals surface area contributed by atoms with Crippen molar-refractivity contribution in [3.63, 3.8) is 0 Å². The number of rotatable bonds is 2. The number of halogens is 10. The van der Waals surface area contributed by atoms with Crippen molar-refractivity contribution in [3.05, 3.63) is 0 Å². The van der Waals surface area contributed by atoms with Crippen molar-refractivity contribution in [2.45, 2.75) is 20.7 Å². The van der Waals surface area contributed by atoms with Crippen molar-refractivity contribution in [2.75, 3.05) is 0 Å². The highest BCUT2D eigenvalue weighted by Crippen LogP contribution is 2.57. The highest BCUT2D eigenvalue weighted by Gasteiger charge is 2.78. The normalized spacial score (nSPS) is 15.9. The van der Waals surface area contributed by atoms with Gasteiger partial charge in [-0.25, -0.2) is 0 Å². The Morgan fingerprint density at radius 2 is 1.00 bits per heavy atom. The Morgan fingerprint density at radius 3 is 1.07 bits per heavy atom. The van der Waals surface area contributed by atoms with Gasteiger partial charge in [0.1, 0.15) is 0 Å². The maximum absolute atomic E-state index is 12.5. The summed E-state index contributed by atoms with van der Waals surface area (Å²) in [4.78, 5) is 0. The van der Waals surface area contributed by atoms with Gasteiger partial charge in [-0.05, 0) is 31.9 Å². The van der Waals surface area contributed by atoms with E-state index in [0.29, 0.717) is 0 Å². The van der Waals surface area contributed by atoms with E-state index in [-0.39, 0.29) is 0 Å². The van der Waals surface area contributed by atoms with Gasteiger partial charge in [0.05, 0.1) is 0 Å². The monoisotopic (exact) mass is 374 g/mol. The van der Waals surface area contributed by atoms with Gasteiger partial charge in [0.15, 0.2) is 0 Å². The summed E-state index contributed by atoms with van der Waals surface area (Å²) >= 11 is 8.18. The molecule has 0 N–H and O–H groups in total. The van der Waals surface area contributed by atoms with E-state index in [9.17, 15) is 30.7 Å². The Morgan fingerprint density at radius 1 is 0.714 bits per heavy atom. The topological polar surface area (TPSA) is 0 Å². The molecule has 0 aliphatic carbocycles. The molecular formula is C4Br2ClF7. The largest absolute Gasteiger partial charge is 0.460 e. The average molecular weight is 376 g/mol. The summed E-state index contributed by atoms with van der Waals surface area (Å²) in [6.45, 7) is 0. The fraction of sp³-hybridized carbons (Fsp3) is 1.00. The molecule has 0 fully saturated rings. The fourth-order valence-electron chi connectivity index (χ4n) is 0.356. The minimum Gasteiger partial charge on any atom is -0.195 e. The summed E-state index contributed by atoms with van der Waals surface area (Å²) in [6, 6.07) is 0. The second-order valence-electron chi connectivity index (χ2n) is 2.14. The van der Waals surface area contributed by atoms with Gasteiger partial charge in [0.2, 0.25) is 2.69 Å². The van der Waals surface area contributed by atoms with Crippen LogP contribution in [0.2, 0.25) is 0 Å². The molecule has 0 aliphatic heterocycles. The lowest BCUT2D eigenvalue weighted by Crippen LogP contribution is -2.57. The second kappa shape index (κ2) is 3.65. The Kier molecular flexibility index (Phi) is 3.85. The van der Waals surface area contributed by atoms with Crippen molar-refractivity contribution in [1.82, 2.24) is 0 Å². The van der Waals surface area contributed by atoms with Gasteiger partial charge >= 0.3 is 18.0 Å². The standard InChI is InChI=1S/C4Br2ClF7/c5-3(6,7)1(8,9)2(10,11)4(12,13)14. The van der Waals surface area contributed by atoms with Crippen LogP contribution in [0.1, 0.15) is 0 Å². The Labute approximate surface area is 95.0 Å². The molecule has 0 rings (SSSR count). The van der Waals surface area contributed by atoms with Crippen molar-refractivity contribution in [2.24, 2.45) is 0 Å². The lowest BCUT2D eigenvalue weighted by atomic mass is 10.2.